The van der Waals surface area contributed by atoms with Gasteiger partial charge in [0.25, 0.3) is 5.91 Å². The first-order chi connectivity index (χ1) is 12.5. The van der Waals surface area contributed by atoms with E-state index in [2.05, 4.69) is 24.0 Å². The number of hydrogen-bond donors (Lipinski definition) is 1. The van der Waals surface area contributed by atoms with Gasteiger partial charge in [-0.3, -0.25) is 9.89 Å². The standard InChI is InChI=1S/C20H27N3O3/c1-4-23(16-10-11-26-20(2,3)13-16)19(24)18-12-15(21-22-18)14-25-17-8-6-5-7-9-17/h5-9,12,16H,4,10-11,13-14H2,1-3H3,(H,21,22). The third-order valence-corrected chi connectivity index (χ3v) is 4.70. The fourth-order valence-corrected chi connectivity index (χ4v) is 3.40. The van der Waals surface area contributed by atoms with Crippen molar-refractivity contribution < 1.29 is 14.3 Å². The molecule has 140 valence electrons. The van der Waals surface area contributed by atoms with Crippen LogP contribution < -0.4 is 4.74 Å². The number of aromatic nitrogens is 2. The molecule has 2 aromatic rings. The Kier molecular flexibility index (Phi) is 5.61. The van der Waals surface area contributed by atoms with Crippen LogP contribution in [-0.4, -0.2) is 45.8 Å². The zero-order chi connectivity index (χ0) is 18.6. The first-order valence-electron chi connectivity index (χ1n) is 9.15. The highest BCUT2D eigenvalue weighted by atomic mass is 16.5. The lowest BCUT2D eigenvalue weighted by molar-refractivity contribution is -0.0777. The van der Waals surface area contributed by atoms with Gasteiger partial charge in [-0.2, -0.15) is 5.10 Å². The Morgan fingerprint density at radius 1 is 1.38 bits per heavy atom. The van der Waals surface area contributed by atoms with Crippen molar-refractivity contribution in [1.29, 1.82) is 0 Å². The molecule has 6 heteroatoms. The molecular formula is C20H27N3O3. The second kappa shape index (κ2) is 7.91. The van der Waals surface area contributed by atoms with E-state index in [0.717, 1.165) is 24.3 Å². The highest BCUT2D eigenvalue weighted by Crippen LogP contribution is 2.28. The van der Waals surface area contributed by atoms with E-state index in [0.29, 0.717) is 25.5 Å². The van der Waals surface area contributed by atoms with Gasteiger partial charge >= 0.3 is 0 Å². The molecule has 3 rings (SSSR count). The molecule has 0 saturated carbocycles. The van der Waals surface area contributed by atoms with Crippen LogP contribution in [0.25, 0.3) is 0 Å². The maximum atomic E-state index is 12.9. The minimum absolute atomic E-state index is 0.0441. The van der Waals surface area contributed by atoms with Crippen molar-refractivity contribution in [2.75, 3.05) is 13.2 Å². The van der Waals surface area contributed by atoms with E-state index >= 15 is 0 Å². The van der Waals surface area contributed by atoms with E-state index in [4.69, 9.17) is 9.47 Å². The van der Waals surface area contributed by atoms with Crippen molar-refractivity contribution >= 4 is 5.91 Å². The predicted octanol–water partition coefficient (Wildman–Crippen LogP) is 3.41. The number of benzene rings is 1. The zero-order valence-electron chi connectivity index (χ0n) is 15.7. The SMILES string of the molecule is CCN(C(=O)c1cc(COc2ccccc2)[nH]n1)C1CCOC(C)(C)C1. The van der Waals surface area contributed by atoms with E-state index in [1.165, 1.54) is 0 Å². The number of nitrogens with one attached hydrogen (secondary N) is 1. The van der Waals surface area contributed by atoms with Gasteiger partial charge in [-0.1, -0.05) is 18.2 Å². The van der Waals surface area contributed by atoms with Crippen LogP contribution in [0.4, 0.5) is 0 Å². The average Bonchev–Trinajstić information content (AvgIpc) is 3.10. The Morgan fingerprint density at radius 2 is 2.15 bits per heavy atom. The minimum Gasteiger partial charge on any atom is -0.487 e. The van der Waals surface area contributed by atoms with Crippen molar-refractivity contribution in [1.82, 2.24) is 15.1 Å². The van der Waals surface area contributed by atoms with Gasteiger partial charge in [0.05, 0.1) is 11.3 Å². The van der Waals surface area contributed by atoms with E-state index in [-0.39, 0.29) is 17.6 Å². The molecule has 0 bridgehead atoms. The first-order valence-corrected chi connectivity index (χ1v) is 9.15. The summed E-state index contributed by atoms with van der Waals surface area (Å²) in [4.78, 5) is 14.8. The second-order valence-electron chi connectivity index (χ2n) is 7.23. The average molecular weight is 357 g/mol. The fourth-order valence-electron chi connectivity index (χ4n) is 3.40. The Bertz CT molecular complexity index is 727. The number of ether oxygens (including phenoxy) is 2. The van der Waals surface area contributed by atoms with Crippen LogP contribution in [0, 0.1) is 0 Å². The van der Waals surface area contributed by atoms with Gasteiger partial charge in [0, 0.05) is 19.2 Å². The molecular weight excluding hydrogens is 330 g/mol. The quantitative estimate of drug-likeness (QED) is 0.860. The molecule has 1 N–H and O–H groups in total. The molecule has 0 radical (unpaired) electrons. The summed E-state index contributed by atoms with van der Waals surface area (Å²) in [7, 11) is 0. The summed E-state index contributed by atoms with van der Waals surface area (Å²) in [5.41, 5.74) is 1.01. The molecule has 1 amide bonds. The summed E-state index contributed by atoms with van der Waals surface area (Å²) in [5, 5.41) is 7.11. The lowest BCUT2D eigenvalue weighted by Gasteiger charge is -2.40. The Balaban J connectivity index is 1.64. The molecule has 1 aliphatic heterocycles. The number of hydrogen-bond acceptors (Lipinski definition) is 4. The smallest absolute Gasteiger partial charge is 0.274 e. The molecule has 26 heavy (non-hydrogen) atoms. The lowest BCUT2D eigenvalue weighted by Crippen LogP contribution is -2.48. The van der Waals surface area contributed by atoms with Crippen LogP contribution in [-0.2, 0) is 11.3 Å². The summed E-state index contributed by atoms with van der Waals surface area (Å²) >= 11 is 0. The number of carbonyl (C=O) groups is 1. The number of aromatic amines is 1. The summed E-state index contributed by atoms with van der Waals surface area (Å²) in [6.45, 7) is 7.84. The van der Waals surface area contributed by atoms with Crippen molar-refractivity contribution in [3.8, 4) is 5.75 Å². The zero-order valence-corrected chi connectivity index (χ0v) is 15.7. The van der Waals surface area contributed by atoms with E-state index in [1.807, 2.05) is 42.2 Å². The maximum absolute atomic E-state index is 12.9. The lowest BCUT2D eigenvalue weighted by atomic mass is 9.92. The van der Waals surface area contributed by atoms with Gasteiger partial charge in [-0.15, -0.1) is 0 Å². The van der Waals surface area contributed by atoms with Crippen LogP contribution in [0.3, 0.4) is 0 Å². The van der Waals surface area contributed by atoms with Crippen LogP contribution in [0.2, 0.25) is 0 Å². The van der Waals surface area contributed by atoms with Crippen LogP contribution in [0.5, 0.6) is 5.75 Å². The molecule has 1 atom stereocenters. The van der Waals surface area contributed by atoms with Gasteiger partial charge in [-0.25, -0.2) is 0 Å². The minimum atomic E-state index is -0.198. The molecule has 1 unspecified atom stereocenters. The maximum Gasteiger partial charge on any atom is 0.274 e. The van der Waals surface area contributed by atoms with Gasteiger partial charge in [0.1, 0.15) is 12.4 Å². The molecule has 1 saturated heterocycles. The van der Waals surface area contributed by atoms with Crippen LogP contribution in [0.1, 0.15) is 49.8 Å². The Labute approximate surface area is 154 Å². The van der Waals surface area contributed by atoms with Crippen molar-refractivity contribution in [3.05, 3.63) is 47.8 Å². The van der Waals surface area contributed by atoms with Crippen molar-refractivity contribution in [2.24, 2.45) is 0 Å². The number of nitrogens with zero attached hydrogens (tertiary/aromatic N) is 2. The van der Waals surface area contributed by atoms with Gasteiger partial charge in [0.2, 0.25) is 0 Å². The molecule has 1 aliphatic rings. The fraction of sp³-hybridized carbons (Fsp3) is 0.500. The highest BCUT2D eigenvalue weighted by molar-refractivity contribution is 5.92. The first kappa shape index (κ1) is 18.5. The van der Waals surface area contributed by atoms with E-state index < -0.39 is 0 Å². The van der Waals surface area contributed by atoms with Crippen molar-refractivity contribution in [2.45, 2.75) is 51.9 Å². The van der Waals surface area contributed by atoms with E-state index in [1.54, 1.807) is 6.07 Å². The third kappa shape index (κ3) is 4.43. The molecule has 6 nitrogen and oxygen atoms in total. The predicted molar refractivity (Wildman–Crippen MR) is 99.1 cm³/mol. The molecule has 2 heterocycles. The topological polar surface area (TPSA) is 67.5 Å². The van der Waals surface area contributed by atoms with Crippen LogP contribution in [0.15, 0.2) is 36.4 Å². The third-order valence-electron chi connectivity index (χ3n) is 4.70. The van der Waals surface area contributed by atoms with Gasteiger partial charge in [0.15, 0.2) is 5.69 Å². The Hall–Kier alpha value is -2.34. The Morgan fingerprint density at radius 3 is 2.85 bits per heavy atom. The second-order valence-corrected chi connectivity index (χ2v) is 7.23. The summed E-state index contributed by atoms with van der Waals surface area (Å²) in [5.74, 6) is 0.743. The normalized spacial score (nSPS) is 19.1. The number of H-pyrrole nitrogens is 1. The molecule has 0 aliphatic carbocycles. The number of para-hydroxylation sites is 1. The van der Waals surface area contributed by atoms with Crippen molar-refractivity contribution in [3.63, 3.8) is 0 Å². The van der Waals surface area contributed by atoms with E-state index in [9.17, 15) is 4.79 Å². The number of rotatable bonds is 6. The molecule has 0 spiro atoms. The summed E-state index contributed by atoms with van der Waals surface area (Å²) in [6.07, 6.45) is 1.69. The van der Waals surface area contributed by atoms with Gasteiger partial charge < -0.3 is 14.4 Å². The van der Waals surface area contributed by atoms with Crippen LogP contribution >= 0.6 is 0 Å². The number of carbonyl (C=O) groups excluding carboxylic acids is 1. The monoisotopic (exact) mass is 357 g/mol. The molecule has 1 aromatic carbocycles. The molecule has 1 fully saturated rings. The van der Waals surface area contributed by atoms with Gasteiger partial charge in [-0.05, 0) is 51.8 Å². The highest BCUT2D eigenvalue weighted by Gasteiger charge is 2.34. The summed E-state index contributed by atoms with van der Waals surface area (Å²) < 4.78 is 11.5. The summed E-state index contributed by atoms with van der Waals surface area (Å²) in [6, 6.07) is 11.5. The number of amides is 1. The molecule has 1 aromatic heterocycles. The largest absolute Gasteiger partial charge is 0.487 e.